The van der Waals surface area contributed by atoms with Crippen LogP contribution in [0.1, 0.15) is 86.8 Å². The number of rotatable bonds is 5. The van der Waals surface area contributed by atoms with Crippen LogP contribution < -0.4 is 0 Å². The van der Waals surface area contributed by atoms with Crippen LogP contribution in [0.4, 0.5) is 0 Å². The van der Waals surface area contributed by atoms with Gasteiger partial charge in [-0.25, -0.2) is 0 Å². The van der Waals surface area contributed by atoms with E-state index in [1.54, 1.807) is 16.7 Å². The second kappa shape index (κ2) is 6.00. The number of hydrogen-bond acceptors (Lipinski definition) is 1. The smallest absolute Gasteiger partial charge is 0.000967 e. The highest BCUT2D eigenvalue weighted by Gasteiger charge is 2.30. The minimum absolute atomic E-state index is 0.671. The maximum absolute atomic E-state index is 2.72. The third kappa shape index (κ3) is 3.25. The van der Waals surface area contributed by atoms with E-state index in [1.165, 1.54) is 58.2 Å². The minimum Gasteiger partial charge on any atom is -0.303 e. The average Bonchev–Trinajstić information content (AvgIpc) is 3.41. The molecule has 0 aromatic heterocycles. The molecular weight excluding hydrogens is 266 g/mol. The first-order valence-corrected chi connectivity index (χ1v) is 9.57. The van der Waals surface area contributed by atoms with E-state index in [1.807, 2.05) is 0 Å². The standard InChI is InChI=1S/C21H31N/c1-15(2)20-8-7-19(13-21(20)18-5-6-18)17-9-11-22(12-10-17)14-16-3-4-16/h7-8,13,15-18H,3-6,9-12,14H2,1-2H3. The monoisotopic (exact) mass is 297 g/mol. The van der Waals surface area contributed by atoms with Crippen LogP contribution in [0.5, 0.6) is 0 Å². The van der Waals surface area contributed by atoms with Crippen molar-refractivity contribution in [3.8, 4) is 0 Å². The summed E-state index contributed by atoms with van der Waals surface area (Å²) in [5, 5.41) is 0. The fourth-order valence-corrected chi connectivity index (χ4v) is 4.24. The topological polar surface area (TPSA) is 3.24 Å². The summed E-state index contributed by atoms with van der Waals surface area (Å²) < 4.78 is 0. The third-order valence-electron chi connectivity index (χ3n) is 6.02. The van der Waals surface area contributed by atoms with Gasteiger partial charge in [0.15, 0.2) is 0 Å². The van der Waals surface area contributed by atoms with Gasteiger partial charge < -0.3 is 4.90 Å². The Bertz CT molecular complexity index is 517. The number of hydrogen-bond donors (Lipinski definition) is 0. The van der Waals surface area contributed by atoms with Crippen molar-refractivity contribution in [1.82, 2.24) is 4.90 Å². The van der Waals surface area contributed by atoms with Gasteiger partial charge in [0.25, 0.3) is 0 Å². The minimum atomic E-state index is 0.671. The van der Waals surface area contributed by atoms with Gasteiger partial charge in [0.2, 0.25) is 0 Å². The lowest BCUT2D eigenvalue weighted by Gasteiger charge is -2.32. The second-order valence-electron chi connectivity index (χ2n) is 8.34. The largest absolute Gasteiger partial charge is 0.303 e. The van der Waals surface area contributed by atoms with Crippen LogP contribution in [-0.2, 0) is 0 Å². The highest BCUT2D eigenvalue weighted by atomic mass is 15.1. The fraction of sp³-hybridized carbons (Fsp3) is 0.714. The molecule has 3 aliphatic rings. The van der Waals surface area contributed by atoms with E-state index in [0.717, 1.165) is 17.8 Å². The molecule has 1 nitrogen and oxygen atoms in total. The summed E-state index contributed by atoms with van der Waals surface area (Å²) in [5.41, 5.74) is 4.93. The molecule has 120 valence electrons. The van der Waals surface area contributed by atoms with Crippen LogP contribution in [0.2, 0.25) is 0 Å². The van der Waals surface area contributed by atoms with Gasteiger partial charge in [0.1, 0.15) is 0 Å². The summed E-state index contributed by atoms with van der Waals surface area (Å²) in [4.78, 5) is 2.72. The predicted molar refractivity (Wildman–Crippen MR) is 93.6 cm³/mol. The lowest BCUT2D eigenvalue weighted by Crippen LogP contribution is -2.34. The van der Waals surface area contributed by atoms with E-state index in [2.05, 4.69) is 36.9 Å². The molecule has 1 aromatic rings. The van der Waals surface area contributed by atoms with Crippen LogP contribution >= 0.6 is 0 Å². The quantitative estimate of drug-likeness (QED) is 0.715. The normalized spacial score (nSPS) is 24.1. The highest BCUT2D eigenvalue weighted by molar-refractivity contribution is 5.40. The molecule has 0 radical (unpaired) electrons. The molecule has 0 unspecified atom stereocenters. The molecule has 22 heavy (non-hydrogen) atoms. The van der Waals surface area contributed by atoms with Crippen molar-refractivity contribution in [3.05, 3.63) is 34.9 Å². The number of benzene rings is 1. The summed E-state index contributed by atoms with van der Waals surface area (Å²) in [7, 11) is 0. The predicted octanol–water partition coefficient (Wildman–Crippen LogP) is 5.28. The molecule has 1 heterocycles. The molecule has 0 amide bonds. The van der Waals surface area contributed by atoms with Crippen molar-refractivity contribution in [2.24, 2.45) is 5.92 Å². The Morgan fingerprint density at radius 3 is 2.27 bits per heavy atom. The summed E-state index contributed by atoms with van der Waals surface area (Å²) in [6.07, 6.45) is 8.56. The molecule has 4 rings (SSSR count). The van der Waals surface area contributed by atoms with Crippen LogP contribution in [-0.4, -0.2) is 24.5 Å². The Balaban J connectivity index is 1.45. The Hall–Kier alpha value is -0.820. The molecule has 1 saturated heterocycles. The summed E-state index contributed by atoms with van der Waals surface area (Å²) in [6, 6.07) is 7.49. The third-order valence-corrected chi connectivity index (χ3v) is 6.02. The molecule has 0 atom stereocenters. The lowest BCUT2D eigenvalue weighted by molar-refractivity contribution is 0.204. The first kappa shape index (κ1) is 14.8. The van der Waals surface area contributed by atoms with Gasteiger partial charge in [0.05, 0.1) is 0 Å². The summed E-state index contributed by atoms with van der Waals surface area (Å²) in [6.45, 7) is 8.72. The highest BCUT2D eigenvalue weighted by Crippen LogP contribution is 2.45. The van der Waals surface area contributed by atoms with Gasteiger partial charge in [-0.15, -0.1) is 0 Å². The summed E-state index contributed by atoms with van der Waals surface area (Å²) >= 11 is 0. The lowest BCUT2D eigenvalue weighted by atomic mass is 9.85. The van der Waals surface area contributed by atoms with Crippen molar-refractivity contribution < 1.29 is 0 Å². The Morgan fingerprint density at radius 2 is 1.68 bits per heavy atom. The molecule has 0 N–H and O–H groups in total. The van der Waals surface area contributed by atoms with Crippen LogP contribution in [0, 0.1) is 5.92 Å². The zero-order valence-electron chi connectivity index (χ0n) is 14.4. The van der Waals surface area contributed by atoms with Gasteiger partial charge in [-0.05, 0) is 92.0 Å². The molecule has 1 aliphatic heterocycles. The fourth-order valence-electron chi connectivity index (χ4n) is 4.24. The van der Waals surface area contributed by atoms with Crippen LogP contribution in [0.15, 0.2) is 18.2 Å². The van der Waals surface area contributed by atoms with Crippen molar-refractivity contribution in [3.63, 3.8) is 0 Å². The molecular formula is C21H31N. The second-order valence-corrected chi connectivity index (χ2v) is 8.34. The first-order valence-electron chi connectivity index (χ1n) is 9.57. The summed E-state index contributed by atoms with van der Waals surface area (Å²) in [5.74, 6) is 3.41. The van der Waals surface area contributed by atoms with E-state index >= 15 is 0 Å². The van der Waals surface area contributed by atoms with Gasteiger partial charge >= 0.3 is 0 Å². The maximum Gasteiger partial charge on any atom is 0.000967 e. The Morgan fingerprint density at radius 1 is 0.955 bits per heavy atom. The number of nitrogens with zero attached hydrogens (tertiary/aromatic N) is 1. The van der Waals surface area contributed by atoms with Gasteiger partial charge in [0, 0.05) is 6.54 Å². The molecule has 3 fully saturated rings. The zero-order chi connectivity index (χ0) is 15.1. The van der Waals surface area contributed by atoms with Gasteiger partial charge in [-0.3, -0.25) is 0 Å². The molecule has 2 aliphatic carbocycles. The average molecular weight is 297 g/mol. The molecule has 0 spiro atoms. The SMILES string of the molecule is CC(C)c1ccc(C2CCN(CC3CC3)CC2)cc1C1CC1. The van der Waals surface area contributed by atoms with Crippen LogP contribution in [0.3, 0.4) is 0 Å². The number of piperidine rings is 1. The van der Waals surface area contributed by atoms with Crippen molar-refractivity contribution >= 4 is 0 Å². The van der Waals surface area contributed by atoms with Gasteiger partial charge in [-0.2, -0.15) is 0 Å². The molecule has 2 saturated carbocycles. The van der Waals surface area contributed by atoms with E-state index < -0.39 is 0 Å². The van der Waals surface area contributed by atoms with E-state index in [-0.39, 0.29) is 0 Å². The molecule has 1 heteroatoms. The Kier molecular flexibility index (Phi) is 4.02. The van der Waals surface area contributed by atoms with Crippen molar-refractivity contribution in [1.29, 1.82) is 0 Å². The first-order chi connectivity index (χ1) is 10.7. The van der Waals surface area contributed by atoms with Gasteiger partial charge in [-0.1, -0.05) is 32.0 Å². The van der Waals surface area contributed by atoms with Crippen molar-refractivity contribution in [2.45, 2.75) is 70.1 Å². The van der Waals surface area contributed by atoms with Crippen LogP contribution in [0.25, 0.3) is 0 Å². The van der Waals surface area contributed by atoms with E-state index in [4.69, 9.17) is 0 Å². The van der Waals surface area contributed by atoms with E-state index in [9.17, 15) is 0 Å². The molecule has 0 bridgehead atoms. The maximum atomic E-state index is 2.72. The molecule has 1 aromatic carbocycles. The Labute approximate surface area is 136 Å². The zero-order valence-corrected chi connectivity index (χ0v) is 14.4. The van der Waals surface area contributed by atoms with E-state index in [0.29, 0.717) is 5.92 Å². The number of likely N-dealkylation sites (tertiary alicyclic amines) is 1. The van der Waals surface area contributed by atoms with Crippen molar-refractivity contribution in [2.75, 3.05) is 19.6 Å².